The lowest BCUT2D eigenvalue weighted by Crippen LogP contribution is -2.15. The van der Waals surface area contributed by atoms with E-state index in [1.54, 1.807) is 0 Å². The summed E-state index contributed by atoms with van der Waals surface area (Å²) >= 11 is 0. The number of benzene rings is 1. The first kappa shape index (κ1) is 13.2. The van der Waals surface area contributed by atoms with E-state index in [0.29, 0.717) is 0 Å². The van der Waals surface area contributed by atoms with Gasteiger partial charge in [-0.25, -0.2) is 28.6 Å². The molecule has 2 rings (SSSR count). The molecule has 9 heteroatoms. The van der Waals surface area contributed by atoms with Gasteiger partial charge in [-0.3, -0.25) is 10.1 Å². The maximum absolute atomic E-state index is 13.0. The molecule has 0 saturated heterocycles. The van der Waals surface area contributed by atoms with Gasteiger partial charge in [0.2, 0.25) is 5.95 Å². The highest BCUT2D eigenvalue weighted by Gasteiger charge is 2.15. The normalized spacial score (nSPS) is 11.1. The molecular weight excluding hydrogens is 273 g/mol. The molecule has 0 atom stereocenters. The third kappa shape index (κ3) is 3.14. The zero-order chi connectivity index (χ0) is 13.9. The number of halogens is 1. The van der Waals surface area contributed by atoms with Crippen LogP contribution >= 0.6 is 0 Å². The van der Waals surface area contributed by atoms with Crippen LogP contribution in [0.5, 0.6) is 0 Å². The van der Waals surface area contributed by atoms with Gasteiger partial charge in [0.05, 0.1) is 18.1 Å². The summed E-state index contributed by atoms with van der Waals surface area (Å²) in [5, 5.41) is 0. The van der Waals surface area contributed by atoms with Crippen molar-refractivity contribution in [1.29, 1.82) is 0 Å². The second-order valence-electron chi connectivity index (χ2n) is 3.50. The standard InChI is InChI=1S/C10H10FN5O2S/c11-7-2-1-3-8(4-7)16-19(17,18)9-5-13-10(15-12)14-6-9/h1-6,16H,12H2,(H,13,14,15). The van der Waals surface area contributed by atoms with E-state index in [0.717, 1.165) is 18.5 Å². The number of hydrogen-bond acceptors (Lipinski definition) is 6. The highest BCUT2D eigenvalue weighted by atomic mass is 32.2. The fourth-order valence-corrected chi connectivity index (χ4v) is 2.23. The molecule has 0 radical (unpaired) electrons. The molecule has 100 valence electrons. The van der Waals surface area contributed by atoms with Crippen LogP contribution in [0.1, 0.15) is 0 Å². The van der Waals surface area contributed by atoms with Crippen LogP contribution in [0.15, 0.2) is 41.6 Å². The number of nitrogens with two attached hydrogens (primary N) is 1. The van der Waals surface area contributed by atoms with Gasteiger partial charge in [0.25, 0.3) is 10.0 Å². The molecule has 0 bridgehead atoms. The molecule has 0 amide bonds. The lowest BCUT2D eigenvalue weighted by atomic mass is 10.3. The summed E-state index contributed by atoms with van der Waals surface area (Å²) in [5.41, 5.74) is 2.29. The Kier molecular flexibility index (Phi) is 3.58. The predicted molar refractivity (Wildman–Crippen MR) is 67.1 cm³/mol. The monoisotopic (exact) mass is 283 g/mol. The number of hydrazine groups is 1. The van der Waals surface area contributed by atoms with Gasteiger partial charge in [-0.1, -0.05) is 6.07 Å². The van der Waals surface area contributed by atoms with E-state index in [-0.39, 0.29) is 16.5 Å². The number of nitrogens with zero attached hydrogens (tertiary/aromatic N) is 2. The number of nitrogens with one attached hydrogen (secondary N) is 2. The van der Waals surface area contributed by atoms with E-state index in [4.69, 9.17) is 5.84 Å². The Bertz CT molecular complexity index is 675. The van der Waals surface area contributed by atoms with Crippen LogP contribution in [0.25, 0.3) is 0 Å². The van der Waals surface area contributed by atoms with Crippen LogP contribution in [-0.4, -0.2) is 18.4 Å². The van der Waals surface area contributed by atoms with Crippen LogP contribution in [0.3, 0.4) is 0 Å². The molecule has 4 N–H and O–H groups in total. The fraction of sp³-hybridized carbons (Fsp3) is 0. The quantitative estimate of drug-likeness (QED) is 0.563. The van der Waals surface area contributed by atoms with Crippen molar-refractivity contribution in [3.05, 3.63) is 42.5 Å². The highest BCUT2D eigenvalue weighted by molar-refractivity contribution is 7.92. The third-order valence-corrected chi connectivity index (χ3v) is 3.48. The molecule has 2 aromatic rings. The number of rotatable bonds is 4. The van der Waals surface area contributed by atoms with Gasteiger partial charge in [-0.05, 0) is 18.2 Å². The Morgan fingerprint density at radius 3 is 2.47 bits per heavy atom. The molecule has 1 aromatic carbocycles. The summed E-state index contributed by atoms with van der Waals surface area (Å²) in [4.78, 5) is 7.21. The van der Waals surface area contributed by atoms with Gasteiger partial charge < -0.3 is 0 Å². The Balaban J connectivity index is 2.27. The van der Waals surface area contributed by atoms with Crippen molar-refractivity contribution in [2.45, 2.75) is 4.90 Å². The van der Waals surface area contributed by atoms with E-state index in [9.17, 15) is 12.8 Å². The molecule has 7 nitrogen and oxygen atoms in total. The summed E-state index contributed by atoms with van der Waals surface area (Å²) in [6, 6.07) is 5.10. The minimum atomic E-state index is -3.87. The van der Waals surface area contributed by atoms with Gasteiger partial charge in [0.1, 0.15) is 10.7 Å². The SMILES string of the molecule is NNc1ncc(S(=O)(=O)Nc2cccc(F)c2)cn1. The molecule has 0 aliphatic rings. The van der Waals surface area contributed by atoms with Crippen LogP contribution in [0, 0.1) is 5.82 Å². The largest absolute Gasteiger partial charge is 0.292 e. The first-order chi connectivity index (χ1) is 9.01. The van der Waals surface area contributed by atoms with E-state index in [2.05, 4.69) is 20.1 Å². The predicted octanol–water partition coefficient (Wildman–Crippen LogP) is 0.702. The molecule has 0 unspecified atom stereocenters. The van der Waals surface area contributed by atoms with Crippen molar-refractivity contribution in [1.82, 2.24) is 9.97 Å². The molecule has 0 fully saturated rings. The lowest BCUT2D eigenvalue weighted by molar-refractivity contribution is 0.600. The van der Waals surface area contributed by atoms with Crippen molar-refractivity contribution in [2.24, 2.45) is 5.84 Å². The zero-order valence-corrected chi connectivity index (χ0v) is 10.4. The summed E-state index contributed by atoms with van der Waals surface area (Å²) in [6.45, 7) is 0. The molecule has 0 aliphatic heterocycles. The maximum Gasteiger partial charge on any atom is 0.264 e. The van der Waals surface area contributed by atoms with Gasteiger partial charge in [0.15, 0.2) is 0 Å². The first-order valence-corrected chi connectivity index (χ1v) is 6.56. The third-order valence-electron chi connectivity index (χ3n) is 2.14. The molecule has 19 heavy (non-hydrogen) atoms. The number of nitrogen functional groups attached to an aromatic ring is 1. The second kappa shape index (κ2) is 5.16. The summed E-state index contributed by atoms with van der Waals surface area (Å²) in [7, 11) is -3.87. The van der Waals surface area contributed by atoms with Crippen molar-refractivity contribution in [2.75, 3.05) is 10.1 Å². The number of hydrogen-bond donors (Lipinski definition) is 3. The number of sulfonamides is 1. The second-order valence-corrected chi connectivity index (χ2v) is 5.18. The van der Waals surface area contributed by atoms with E-state index in [1.807, 2.05) is 0 Å². The van der Waals surface area contributed by atoms with Crippen LogP contribution in [-0.2, 0) is 10.0 Å². The van der Waals surface area contributed by atoms with E-state index < -0.39 is 15.8 Å². The molecule has 1 heterocycles. The van der Waals surface area contributed by atoms with Crippen molar-refractivity contribution >= 4 is 21.7 Å². The Labute approximate surface area is 108 Å². The zero-order valence-electron chi connectivity index (χ0n) is 9.54. The summed E-state index contributed by atoms with van der Waals surface area (Å²) in [6.07, 6.45) is 2.17. The minimum Gasteiger partial charge on any atom is -0.292 e. The van der Waals surface area contributed by atoms with Gasteiger partial charge in [-0.15, -0.1) is 0 Å². The first-order valence-electron chi connectivity index (χ1n) is 5.08. The number of anilines is 2. The molecule has 1 aromatic heterocycles. The smallest absolute Gasteiger partial charge is 0.264 e. The minimum absolute atomic E-state index is 0.0877. The molecule has 0 aliphatic carbocycles. The summed E-state index contributed by atoms with van der Waals surface area (Å²) < 4.78 is 39.1. The van der Waals surface area contributed by atoms with E-state index >= 15 is 0 Å². The average Bonchev–Trinajstić information content (AvgIpc) is 2.38. The average molecular weight is 283 g/mol. The molecule has 0 spiro atoms. The Morgan fingerprint density at radius 2 is 1.89 bits per heavy atom. The van der Waals surface area contributed by atoms with Crippen molar-refractivity contribution < 1.29 is 12.8 Å². The fourth-order valence-electron chi connectivity index (χ4n) is 1.30. The lowest BCUT2D eigenvalue weighted by Gasteiger charge is -2.07. The Hall–Kier alpha value is -2.26. The summed E-state index contributed by atoms with van der Waals surface area (Å²) in [5.74, 6) is 4.61. The van der Waals surface area contributed by atoms with Gasteiger partial charge >= 0.3 is 0 Å². The topological polar surface area (TPSA) is 110 Å². The van der Waals surface area contributed by atoms with Gasteiger partial charge in [0, 0.05) is 0 Å². The number of aromatic nitrogens is 2. The van der Waals surface area contributed by atoms with Crippen LogP contribution in [0.4, 0.5) is 16.0 Å². The van der Waals surface area contributed by atoms with Gasteiger partial charge in [-0.2, -0.15) is 0 Å². The maximum atomic E-state index is 13.0. The molecule has 0 saturated carbocycles. The van der Waals surface area contributed by atoms with Crippen LogP contribution < -0.4 is 16.0 Å². The Morgan fingerprint density at radius 1 is 1.21 bits per heavy atom. The highest BCUT2D eigenvalue weighted by Crippen LogP contribution is 2.15. The van der Waals surface area contributed by atoms with Crippen LogP contribution in [0.2, 0.25) is 0 Å². The van der Waals surface area contributed by atoms with Crippen molar-refractivity contribution in [3.8, 4) is 0 Å². The van der Waals surface area contributed by atoms with Crippen molar-refractivity contribution in [3.63, 3.8) is 0 Å². The van der Waals surface area contributed by atoms with E-state index in [1.165, 1.54) is 18.2 Å². The molecular formula is C10H10FN5O2S.